The molecule has 1 aromatic carbocycles. The number of nitriles is 1. The van der Waals surface area contributed by atoms with Gasteiger partial charge in [0.1, 0.15) is 11.9 Å². The molecule has 0 bridgehead atoms. The molecule has 1 saturated heterocycles. The highest BCUT2D eigenvalue weighted by Crippen LogP contribution is 2.49. The first-order chi connectivity index (χ1) is 12.6. The highest BCUT2D eigenvalue weighted by atomic mass is 35.5. The van der Waals surface area contributed by atoms with Crippen molar-refractivity contribution < 1.29 is 4.79 Å². The number of amides is 1. The quantitative estimate of drug-likeness (QED) is 0.837. The van der Waals surface area contributed by atoms with E-state index in [1.165, 1.54) is 0 Å². The monoisotopic (exact) mass is 366 g/mol. The highest BCUT2D eigenvalue weighted by Gasteiger charge is 2.53. The Balaban J connectivity index is 1.46. The maximum Gasteiger partial charge on any atom is 0.233 e. The predicted octanol–water partition coefficient (Wildman–Crippen LogP) is 2.99. The van der Waals surface area contributed by atoms with Crippen LogP contribution in [0.15, 0.2) is 42.6 Å². The maximum absolute atomic E-state index is 13.1. The SMILES string of the molecule is N#Cc1cccnc1N1CCN(C(=O)C2(c3ccc(Cl)cc3)CC2)CC1. The summed E-state index contributed by atoms with van der Waals surface area (Å²) in [4.78, 5) is 21.5. The zero-order chi connectivity index (χ0) is 18.1. The zero-order valence-corrected chi connectivity index (χ0v) is 15.1. The molecule has 2 aliphatic rings. The van der Waals surface area contributed by atoms with Crippen molar-refractivity contribution >= 4 is 23.3 Å². The number of halogens is 1. The lowest BCUT2D eigenvalue weighted by atomic mass is 9.94. The molecule has 26 heavy (non-hydrogen) atoms. The fraction of sp³-hybridized carbons (Fsp3) is 0.350. The number of carbonyl (C=O) groups excluding carboxylic acids is 1. The van der Waals surface area contributed by atoms with Gasteiger partial charge in [0.2, 0.25) is 5.91 Å². The molecule has 0 radical (unpaired) electrons. The van der Waals surface area contributed by atoms with E-state index in [9.17, 15) is 10.1 Å². The second-order valence-corrected chi connectivity index (χ2v) is 7.29. The van der Waals surface area contributed by atoms with Gasteiger partial charge in [-0.15, -0.1) is 0 Å². The summed E-state index contributed by atoms with van der Waals surface area (Å²) in [6.07, 6.45) is 3.49. The van der Waals surface area contributed by atoms with Gasteiger partial charge < -0.3 is 9.80 Å². The van der Waals surface area contributed by atoms with Gasteiger partial charge in [-0.25, -0.2) is 4.98 Å². The Hall–Kier alpha value is -2.58. The smallest absolute Gasteiger partial charge is 0.233 e. The van der Waals surface area contributed by atoms with E-state index in [2.05, 4.69) is 16.0 Å². The van der Waals surface area contributed by atoms with Crippen molar-refractivity contribution in [3.8, 4) is 6.07 Å². The first-order valence-electron chi connectivity index (χ1n) is 8.79. The van der Waals surface area contributed by atoms with Gasteiger partial charge in [0.15, 0.2) is 0 Å². The summed E-state index contributed by atoms with van der Waals surface area (Å²) in [6.45, 7) is 2.67. The molecule has 5 nitrogen and oxygen atoms in total. The highest BCUT2D eigenvalue weighted by molar-refractivity contribution is 6.30. The van der Waals surface area contributed by atoms with E-state index in [1.54, 1.807) is 18.3 Å². The number of hydrogen-bond donors (Lipinski definition) is 0. The Labute approximate surface area is 157 Å². The number of benzene rings is 1. The molecule has 2 heterocycles. The number of nitrogens with zero attached hydrogens (tertiary/aromatic N) is 4. The van der Waals surface area contributed by atoms with Crippen LogP contribution in [0.3, 0.4) is 0 Å². The topological polar surface area (TPSA) is 60.2 Å². The summed E-state index contributed by atoms with van der Waals surface area (Å²) in [5, 5.41) is 9.95. The van der Waals surface area contributed by atoms with Gasteiger partial charge in [-0.3, -0.25) is 4.79 Å². The van der Waals surface area contributed by atoms with Crippen LogP contribution in [0.1, 0.15) is 24.0 Å². The van der Waals surface area contributed by atoms with Crippen LogP contribution in [-0.4, -0.2) is 42.0 Å². The minimum absolute atomic E-state index is 0.209. The summed E-state index contributed by atoms with van der Waals surface area (Å²) in [5.41, 5.74) is 1.27. The molecule has 2 fully saturated rings. The van der Waals surface area contributed by atoms with E-state index in [0.29, 0.717) is 42.6 Å². The Morgan fingerprint density at radius 1 is 1.12 bits per heavy atom. The lowest BCUT2D eigenvalue weighted by Gasteiger charge is -2.37. The van der Waals surface area contributed by atoms with Crippen molar-refractivity contribution in [2.45, 2.75) is 18.3 Å². The summed E-state index contributed by atoms with van der Waals surface area (Å²) in [6, 6.07) is 13.4. The predicted molar refractivity (Wildman–Crippen MR) is 100 cm³/mol. The first kappa shape index (κ1) is 16.9. The second kappa shape index (κ2) is 6.62. The van der Waals surface area contributed by atoms with Crippen molar-refractivity contribution in [3.05, 3.63) is 58.7 Å². The molecule has 1 amide bonds. The summed E-state index contributed by atoms with van der Waals surface area (Å²) in [5.74, 6) is 0.918. The van der Waals surface area contributed by atoms with Gasteiger partial charge in [0, 0.05) is 37.4 Å². The van der Waals surface area contributed by atoms with Gasteiger partial charge in [-0.1, -0.05) is 23.7 Å². The second-order valence-electron chi connectivity index (χ2n) is 6.85. The molecule has 6 heteroatoms. The fourth-order valence-electron chi connectivity index (χ4n) is 3.68. The largest absolute Gasteiger partial charge is 0.352 e. The van der Waals surface area contributed by atoms with Crippen LogP contribution in [0, 0.1) is 11.3 Å². The first-order valence-corrected chi connectivity index (χ1v) is 9.17. The van der Waals surface area contributed by atoms with Crippen LogP contribution in [0.25, 0.3) is 0 Å². The van der Waals surface area contributed by atoms with E-state index < -0.39 is 0 Å². The molecule has 0 N–H and O–H groups in total. The summed E-state index contributed by atoms with van der Waals surface area (Å²) >= 11 is 5.98. The third-order valence-electron chi connectivity index (χ3n) is 5.33. The molecule has 2 aromatic rings. The molecule has 1 aromatic heterocycles. The minimum Gasteiger partial charge on any atom is -0.352 e. The molecule has 1 saturated carbocycles. The van der Waals surface area contributed by atoms with Gasteiger partial charge >= 0.3 is 0 Å². The lowest BCUT2D eigenvalue weighted by Crippen LogP contribution is -2.52. The van der Waals surface area contributed by atoms with Crippen LogP contribution in [0.5, 0.6) is 0 Å². The average molecular weight is 367 g/mol. The van der Waals surface area contributed by atoms with Gasteiger partial charge in [0.25, 0.3) is 0 Å². The summed E-state index contributed by atoms with van der Waals surface area (Å²) < 4.78 is 0. The van der Waals surface area contributed by atoms with Crippen molar-refractivity contribution in [1.82, 2.24) is 9.88 Å². The van der Waals surface area contributed by atoms with Crippen LogP contribution >= 0.6 is 11.6 Å². The number of anilines is 1. The van der Waals surface area contributed by atoms with E-state index in [-0.39, 0.29) is 11.3 Å². The number of piperazine rings is 1. The van der Waals surface area contributed by atoms with Crippen molar-refractivity contribution in [3.63, 3.8) is 0 Å². The van der Waals surface area contributed by atoms with Crippen molar-refractivity contribution in [1.29, 1.82) is 5.26 Å². The molecule has 0 unspecified atom stereocenters. The van der Waals surface area contributed by atoms with Crippen LogP contribution in [-0.2, 0) is 10.2 Å². The number of rotatable bonds is 3. The average Bonchev–Trinajstić information content (AvgIpc) is 3.50. The van der Waals surface area contributed by atoms with Crippen molar-refractivity contribution in [2.75, 3.05) is 31.1 Å². The standard InChI is InChI=1S/C20H19ClN4O/c21-17-5-3-16(4-6-17)20(7-8-20)19(26)25-12-10-24(11-13-25)18-15(14-22)2-1-9-23-18/h1-6,9H,7-8,10-13H2. The molecular formula is C20H19ClN4O. The molecule has 1 aliphatic carbocycles. The molecule has 4 rings (SSSR count). The lowest BCUT2D eigenvalue weighted by molar-refractivity contribution is -0.134. The Kier molecular flexibility index (Phi) is 4.29. The van der Waals surface area contributed by atoms with E-state index in [4.69, 9.17) is 11.6 Å². The molecular weight excluding hydrogens is 348 g/mol. The Morgan fingerprint density at radius 2 is 1.81 bits per heavy atom. The fourth-order valence-corrected chi connectivity index (χ4v) is 3.81. The van der Waals surface area contributed by atoms with Gasteiger partial charge in [0.05, 0.1) is 11.0 Å². The third-order valence-corrected chi connectivity index (χ3v) is 5.58. The normalized spacial score (nSPS) is 18.3. The molecule has 0 atom stereocenters. The van der Waals surface area contributed by atoms with Crippen LogP contribution in [0.4, 0.5) is 5.82 Å². The third kappa shape index (κ3) is 2.91. The van der Waals surface area contributed by atoms with Crippen LogP contribution < -0.4 is 4.90 Å². The van der Waals surface area contributed by atoms with E-state index >= 15 is 0 Å². The number of aromatic nitrogens is 1. The number of carbonyl (C=O) groups is 1. The Bertz CT molecular complexity index is 862. The minimum atomic E-state index is -0.366. The number of pyridine rings is 1. The van der Waals surface area contributed by atoms with E-state index in [0.717, 1.165) is 18.4 Å². The van der Waals surface area contributed by atoms with Gasteiger partial charge in [-0.05, 0) is 42.7 Å². The zero-order valence-electron chi connectivity index (χ0n) is 14.4. The molecule has 132 valence electrons. The van der Waals surface area contributed by atoms with Crippen LogP contribution in [0.2, 0.25) is 5.02 Å². The van der Waals surface area contributed by atoms with E-state index in [1.807, 2.05) is 29.2 Å². The number of hydrogen-bond acceptors (Lipinski definition) is 4. The maximum atomic E-state index is 13.1. The molecule has 1 aliphatic heterocycles. The summed E-state index contributed by atoms with van der Waals surface area (Å²) in [7, 11) is 0. The van der Waals surface area contributed by atoms with Gasteiger partial charge in [-0.2, -0.15) is 5.26 Å². The Morgan fingerprint density at radius 3 is 2.42 bits per heavy atom. The molecule has 0 spiro atoms. The van der Waals surface area contributed by atoms with Crippen molar-refractivity contribution in [2.24, 2.45) is 0 Å².